The van der Waals surface area contributed by atoms with Crippen LogP contribution < -0.4 is 14.2 Å². The molecule has 1 unspecified atom stereocenters. The van der Waals surface area contributed by atoms with Gasteiger partial charge in [0.05, 0.1) is 38.8 Å². The summed E-state index contributed by atoms with van der Waals surface area (Å²) >= 11 is 0. The van der Waals surface area contributed by atoms with Gasteiger partial charge in [0.25, 0.3) is 0 Å². The van der Waals surface area contributed by atoms with E-state index in [-0.39, 0.29) is 0 Å². The Hall–Kier alpha value is -3.15. The average Bonchev–Trinajstić information content (AvgIpc) is 3.09. The van der Waals surface area contributed by atoms with Gasteiger partial charge in [-0.15, -0.1) is 0 Å². The highest BCUT2D eigenvalue weighted by Crippen LogP contribution is 2.46. The zero-order valence-electron chi connectivity index (χ0n) is 17.9. The fourth-order valence-corrected chi connectivity index (χ4v) is 4.62. The third kappa shape index (κ3) is 3.16. The fourth-order valence-electron chi connectivity index (χ4n) is 4.62. The quantitative estimate of drug-likeness (QED) is 0.322. The average molecular weight is 408 g/mol. The van der Waals surface area contributed by atoms with Crippen LogP contribution in [0.1, 0.15) is 43.4 Å². The molecule has 1 aliphatic rings. The summed E-state index contributed by atoms with van der Waals surface area (Å²) in [7, 11) is 4.97. The van der Waals surface area contributed by atoms with E-state index in [0.29, 0.717) is 17.5 Å². The Morgan fingerprint density at radius 1 is 1.10 bits per heavy atom. The van der Waals surface area contributed by atoms with Gasteiger partial charge >= 0.3 is 0 Å². The maximum absolute atomic E-state index is 9.45. The van der Waals surface area contributed by atoms with E-state index in [9.17, 15) is 5.21 Å². The summed E-state index contributed by atoms with van der Waals surface area (Å²) in [5.74, 6) is 2.20. The molecule has 0 amide bonds. The molecule has 1 aliphatic heterocycles. The number of fused-ring (bicyclic) bond motifs is 5. The summed E-state index contributed by atoms with van der Waals surface area (Å²) < 4.78 is 19.0. The van der Waals surface area contributed by atoms with Crippen LogP contribution >= 0.6 is 0 Å². The number of aromatic nitrogens is 1. The molecule has 2 aromatic carbocycles. The first kappa shape index (κ1) is 20.1. The lowest BCUT2D eigenvalue weighted by Gasteiger charge is -2.30. The van der Waals surface area contributed by atoms with Crippen molar-refractivity contribution in [2.24, 2.45) is 5.16 Å². The molecule has 2 heterocycles. The van der Waals surface area contributed by atoms with Crippen LogP contribution in [0, 0.1) is 0 Å². The lowest BCUT2D eigenvalue weighted by atomic mass is 9.90. The molecular formula is C24H28N2O4. The van der Waals surface area contributed by atoms with Gasteiger partial charge in [-0.2, -0.15) is 0 Å². The molecule has 1 atom stereocenters. The Labute approximate surface area is 176 Å². The lowest BCUT2D eigenvalue weighted by molar-refractivity contribution is 0.322. The molecule has 0 saturated heterocycles. The van der Waals surface area contributed by atoms with Crippen molar-refractivity contribution in [1.82, 2.24) is 4.57 Å². The standard InChI is InChI=1S/C24H28N2O4/c1-5-6-7-16-10-15-11-17(28-2)8-9-18(15)24-20(14-25-27)19-12-22(29-3)23(30-4)13-21(19)26(16)24/h8-9,11-14,16,27H,5-7,10H2,1-4H3/b25-14+. The highest BCUT2D eigenvalue weighted by molar-refractivity contribution is 6.08. The molecule has 0 radical (unpaired) electrons. The van der Waals surface area contributed by atoms with Crippen molar-refractivity contribution >= 4 is 17.1 Å². The molecule has 1 N–H and O–H groups in total. The van der Waals surface area contributed by atoms with Crippen molar-refractivity contribution < 1.29 is 19.4 Å². The van der Waals surface area contributed by atoms with Gasteiger partial charge in [-0.3, -0.25) is 0 Å². The van der Waals surface area contributed by atoms with Crippen LogP contribution in [0.5, 0.6) is 17.2 Å². The third-order valence-electron chi connectivity index (χ3n) is 6.01. The maximum atomic E-state index is 9.45. The Bertz CT molecular complexity index is 1100. The topological polar surface area (TPSA) is 65.2 Å². The lowest BCUT2D eigenvalue weighted by Crippen LogP contribution is -2.19. The van der Waals surface area contributed by atoms with Crippen molar-refractivity contribution in [3.63, 3.8) is 0 Å². The van der Waals surface area contributed by atoms with E-state index in [4.69, 9.17) is 14.2 Å². The number of hydrogen-bond donors (Lipinski definition) is 1. The summed E-state index contributed by atoms with van der Waals surface area (Å²) in [6, 6.07) is 10.5. The maximum Gasteiger partial charge on any atom is 0.162 e. The molecule has 0 saturated carbocycles. The normalized spacial score (nSPS) is 15.3. The van der Waals surface area contributed by atoms with E-state index >= 15 is 0 Å². The molecule has 0 fully saturated rings. The zero-order chi connectivity index (χ0) is 21.3. The molecular weight excluding hydrogens is 380 g/mol. The molecule has 30 heavy (non-hydrogen) atoms. The molecule has 0 aliphatic carbocycles. The summed E-state index contributed by atoms with van der Waals surface area (Å²) in [6.45, 7) is 2.21. The second-order valence-corrected chi connectivity index (χ2v) is 7.62. The summed E-state index contributed by atoms with van der Waals surface area (Å²) in [6.07, 6.45) is 5.79. The molecule has 3 aromatic rings. The van der Waals surface area contributed by atoms with Crippen LogP contribution in [0.2, 0.25) is 0 Å². The van der Waals surface area contributed by atoms with E-state index < -0.39 is 0 Å². The van der Waals surface area contributed by atoms with E-state index in [1.54, 1.807) is 21.3 Å². The first-order chi connectivity index (χ1) is 14.7. The van der Waals surface area contributed by atoms with Crippen molar-refractivity contribution in [1.29, 1.82) is 0 Å². The minimum atomic E-state index is 0.293. The van der Waals surface area contributed by atoms with Gasteiger partial charge in [-0.1, -0.05) is 24.9 Å². The van der Waals surface area contributed by atoms with Crippen molar-refractivity contribution in [2.45, 2.75) is 38.6 Å². The number of hydrogen-bond acceptors (Lipinski definition) is 5. The SMILES string of the molecule is CCCCC1Cc2cc(OC)ccc2-c2c(/C=N/O)c3cc(OC)c(OC)cc3n21. The van der Waals surface area contributed by atoms with Crippen LogP contribution in [0.15, 0.2) is 35.5 Å². The number of oxime groups is 1. The van der Waals surface area contributed by atoms with E-state index in [1.165, 1.54) is 11.8 Å². The Morgan fingerprint density at radius 3 is 2.53 bits per heavy atom. The van der Waals surface area contributed by atoms with Gasteiger partial charge in [0, 0.05) is 28.6 Å². The van der Waals surface area contributed by atoms with Crippen molar-refractivity contribution in [3.8, 4) is 28.5 Å². The van der Waals surface area contributed by atoms with E-state index in [0.717, 1.165) is 59.2 Å². The van der Waals surface area contributed by atoms with Gasteiger partial charge < -0.3 is 24.0 Å². The van der Waals surface area contributed by atoms with Crippen LogP contribution in [0.25, 0.3) is 22.2 Å². The van der Waals surface area contributed by atoms with Gasteiger partial charge in [0.1, 0.15) is 5.75 Å². The molecule has 0 spiro atoms. The number of nitrogens with zero attached hydrogens (tertiary/aromatic N) is 2. The Kier molecular flexibility index (Phi) is 5.57. The summed E-state index contributed by atoms with van der Waals surface area (Å²) in [4.78, 5) is 0. The molecule has 4 rings (SSSR count). The number of ether oxygens (including phenoxy) is 3. The number of benzene rings is 2. The summed E-state index contributed by atoms with van der Waals surface area (Å²) in [5.41, 5.74) is 5.37. The molecule has 6 nitrogen and oxygen atoms in total. The van der Waals surface area contributed by atoms with Crippen LogP contribution in [0.3, 0.4) is 0 Å². The minimum Gasteiger partial charge on any atom is -0.497 e. The number of methoxy groups -OCH3 is 3. The number of rotatable bonds is 7. The van der Waals surface area contributed by atoms with Gasteiger partial charge in [0.15, 0.2) is 11.5 Å². The predicted octanol–water partition coefficient (Wildman–Crippen LogP) is 5.43. The fraction of sp³-hybridized carbons (Fsp3) is 0.375. The smallest absolute Gasteiger partial charge is 0.162 e. The first-order valence-corrected chi connectivity index (χ1v) is 10.3. The minimum absolute atomic E-state index is 0.293. The van der Waals surface area contributed by atoms with Gasteiger partial charge in [-0.25, -0.2) is 0 Å². The second-order valence-electron chi connectivity index (χ2n) is 7.62. The van der Waals surface area contributed by atoms with Gasteiger partial charge in [0.2, 0.25) is 0 Å². The Balaban J connectivity index is 2.07. The zero-order valence-corrected chi connectivity index (χ0v) is 17.9. The Morgan fingerprint density at radius 2 is 1.87 bits per heavy atom. The largest absolute Gasteiger partial charge is 0.497 e. The van der Waals surface area contributed by atoms with Crippen molar-refractivity contribution in [2.75, 3.05) is 21.3 Å². The second kappa shape index (κ2) is 8.30. The third-order valence-corrected chi connectivity index (χ3v) is 6.01. The summed E-state index contributed by atoms with van der Waals surface area (Å²) in [5, 5.41) is 13.8. The highest BCUT2D eigenvalue weighted by Gasteiger charge is 2.30. The van der Waals surface area contributed by atoms with E-state index in [1.807, 2.05) is 18.2 Å². The monoisotopic (exact) mass is 408 g/mol. The van der Waals surface area contributed by atoms with Gasteiger partial charge in [-0.05, 0) is 42.7 Å². The first-order valence-electron chi connectivity index (χ1n) is 10.3. The molecule has 1 aromatic heterocycles. The van der Waals surface area contributed by atoms with E-state index in [2.05, 4.69) is 28.8 Å². The molecule has 158 valence electrons. The predicted molar refractivity (Wildman–Crippen MR) is 119 cm³/mol. The van der Waals surface area contributed by atoms with Crippen LogP contribution in [0.4, 0.5) is 0 Å². The number of unbranched alkanes of at least 4 members (excludes halogenated alkanes) is 1. The van der Waals surface area contributed by atoms with Crippen LogP contribution in [-0.2, 0) is 6.42 Å². The van der Waals surface area contributed by atoms with Crippen molar-refractivity contribution in [3.05, 3.63) is 41.5 Å². The molecule has 6 heteroatoms. The molecule has 0 bridgehead atoms. The highest BCUT2D eigenvalue weighted by atomic mass is 16.5. The van der Waals surface area contributed by atoms with Crippen LogP contribution in [-0.4, -0.2) is 37.3 Å².